The lowest BCUT2D eigenvalue weighted by molar-refractivity contribution is -0.143. The van der Waals surface area contributed by atoms with Crippen LogP contribution in [0, 0.1) is 9.49 Å². The normalized spacial score (nSPS) is 12.6. The molecule has 148 valence electrons. The number of carbonyl (C=O) groups is 3. The predicted octanol–water partition coefficient (Wildman–Crippen LogP) is 2.98. The molecule has 0 saturated carbocycles. The van der Waals surface area contributed by atoms with Gasteiger partial charge in [-0.05, 0) is 58.8 Å². The Balaban J connectivity index is 1.96. The van der Waals surface area contributed by atoms with Crippen molar-refractivity contribution in [1.82, 2.24) is 5.32 Å². The van der Waals surface area contributed by atoms with Crippen molar-refractivity contribution < 1.29 is 19.5 Å². The lowest BCUT2D eigenvalue weighted by Gasteiger charge is -2.19. The first-order valence-electron chi connectivity index (χ1n) is 8.62. The van der Waals surface area contributed by atoms with Crippen molar-refractivity contribution in [2.75, 3.05) is 11.1 Å². The van der Waals surface area contributed by atoms with Crippen LogP contribution in [0.4, 0.5) is 5.69 Å². The van der Waals surface area contributed by atoms with Crippen LogP contribution in [0.1, 0.15) is 12.0 Å². The summed E-state index contributed by atoms with van der Waals surface area (Å²) in [4.78, 5) is 36.2. The molecular formula is C20H21IN2O4S. The summed E-state index contributed by atoms with van der Waals surface area (Å²) in [6.45, 7) is 0. The highest BCUT2D eigenvalue weighted by molar-refractivity contribution is 14.1. The van der Waals surface area contributed by atoms with Crippen LogP contribution >= 0.6 is 35.2 Å². The van der Waals surface area contributed by atoms with E-state index in [9.17, 15) is 19.5 Å². The fourth-order valence-corrected chi connectivity index (χ4v) is 3.21. The van der Waals surface area contributed by atoms with Gasteiger partial charge in [-0.25, -0.2) is 4.79 Å². The second-order valence-corrected chi connectivity index (χ2v) is 7.84. The molecule has 0 bridgehead atoms. The van der Waals surface area contributed by atoms with Gasteiger partial charge in [-0.15, -0.1) is 0 Å². The molecule has 0 aliphatic rings. The third-order valence-corrected chi connectivity index (χ3v) is 5.21. The Morgan fingerprint density at radius 3 is 2.25 bits per heavy atom. The molecule has 6 nitrogen and oxygen atoms in total. The first kappa shape index (κ1) is 22.2. The monoisotopic (exact) mass is 512 g/mol. The molecule has 1 unspecified atom stereocenters. The fraction of sp³-hybridized carbons (Fsp3) is 0.250. The number of hydrogen-bond donors (Lipinski definition) is 4. The van der Waals surface area contributed by atoms with Gasteiger partial charge >= 0.3 is 5.97 Å². The van der Waals surface area contributed by atoms with Crippen molar-refractivity contribution >= 4 is 58.7 Å². The number of carboxylic acids is 1. The zero-order valence-electron chi connectivity index (χ0n) is 15.0. The highest BCUT2D eigenvalue weighted by Crippen LogP contribution is 2.13. The van der Waals surface area contributed by atoms with E-state index in [0.717, 1.165) is 9.13 Å². The van der Waals surface area contributed by atoms with E-state index >= 15 is 0 Å². The average molecular weight is 512 g/mol. The standard InChI is InChI=1S/C20H21IN2O4S/c21-15-6-8-16(9-7-15)22-18(24)11-17(20(26)27)23-19(25)14(12-28)10-13-4-2-1-3-5-13/h1-9,14,17,28H,10-12H2,(H,22,24)(H,23,25)(H,26,27)/t14?,17-/m0/s1. The van der Waals surface area contributed by atoms with Crippen molar-refractivity contribution in [2.45, 2.75) is 18.9 Å². The minimum Gasteiger partial charge on any atom is -0.480 e. The van der Waals surface area contributed by atoms with E-state index in [1.807, 2.05) is 42.5 Å². The average Bonchev–Trinajstić information content (AvgIpc) is 2.68. The second kappa shape index (κ2) is 11.1. The maximum absolute atomic E-state index is 12.5. The number of thiol groups is 1. The van der Waals surface area contributed by atoms with Crippen molar-refractivity contribution in [3.05, 3.63) is 63.7 Å². The molecule has 2 aromatic rings. The highest BCUT2D eigenvalue weighted by Gasteiger charge is 2.27. The van der Waals surface area contributed by atoms with Gasteiger partial charge in [-0.2, -0.15) is 12.6 Å². The summed E-state index contributed by atoms with van der Waals surface area (Å²) in [5.74, 6) is -2.41. The summed E-state index contributed by atoms with van der Waals surface area (Å²) in [5.41, 5.74) is 1.53. The third-order valence-electron chi connectivity index (χ3n) is 4.05. The minimum absolute atomic E-state index is 0.266. The van der Waals surface area contributed by atoms with E-state index < -0.39 is 29.7 Å². The van der Waals surface area contributed by atoms with Gasteiger partial charge in [0.2, 0.25) is 11.8 Å². The number of amides is 2. The smallest absolute Gasteiger partial charge is 0.326 e. The number of halogens is 1. The van der Waals surface area contributed by atoms with Crippen molar-refractivity contribution in [1.29, 1.82) is 0 Å². The van der Waals surface area contributed by atoms with Crippen LogP contribution in [-0.4, -0.2) is 34.7 Å². The fourth-order valence-electron chi connectivity index (χ4n) is 2.56. The maximum Gasteiger partial charge on any atom is 0.326 e. The Labute approximate surface area is 182 Å². The molecule has 0 radical (unpaired) electrons. The molecule has 0 aliphatic carbocycles. The van der Waals surface area contributed by atoms with Gasteiger partial charge in [0.15, 0.2) is 0 Å². The molecule has 0 fully saturated rings. The summed E-state index contributed by atoms with van der Waals surface area (Å²) < 4.78 is 1.02. The van der Waals surface area contributed by atoms with Crippen molar-refractivity contribution in [2.24, 2.45) is 5.92 Å². The van der Waals surface area contributed by atoms with E-state index in [1.165, 1.54) is 0 Å². The summed E-state index contributed by atoms with van der Waals surface area (Å²) in [7, 11) is 0. The zero-order valence-corrected chi connectivity index (χ0v) is 18.0. The van der Waals surface area contributed by atoms with Crippen LogP contribution < -0.4 is 10.6 Å². The number of nitrogens with one attached hydrogen (secondary N) is 2. The van der Waals surface area contributed by atoms with Crippen LogP contribution in [0.15, 0.2) is 54.6 Å². The molecule has 8 heteroatoms. The van der Waals surface area contributed by atoms with Crippen molar-refractivity contribution in [3.8, 4) is 0 Å². The van der Waals surface area contributed by atoms with E-state index in [1.54, 1.807) is 12.1 Å². The summed E-state index contributed by atoms with van der Waals surface area (Å²) in [6, 6.07) is 15.2. The lowest BCUT2D eigenvalue weighted by atomic mass is 9.99. The van der Waals surface area contributed by atoms with Crippen LogP contribution in [0.2, 0.25) is 0 Å². The molecule has 3 N–H and O–H groups in total. The number of carboxylic acid groups (broad SMARTS) is 1. The van der Waals surface area contributed by atoms with Crippen molar-refractivity contribution in [3.63, 3.8) is 0 Å². The molecule has 0 aromatic heterocycles. The number of carbonyl (C=O) groups excluding carboxylic acids is 2. The largest absolute Gasteiger partial charge is 0.480 e. The quantitative estimate of drug-likeness (QED) is 0.307. The topological polar surface area (TPSA) is 95.5 Å². The molecular weight excluding hydrogens is 491 g/mol. The number of aliphatic carboxylic acids is 1. The maximum atomic E-state index is 12.5. The van der Waals surface area contributed by atoms with Gasteiger partial charge in [0.25, 0.3) is 0 Å². The lowest BCUT2D eigenvalue weighted by Crippen LogP contribution is -2.46. The SMILES string of the molecule is O=C(C[C@H](NC(=O)C(CS)Cc1ccccc1)C(=O)O)Nc1ccc(I)cc1. The number of anilines is 1. The Bertz CT molecular complexity index is 815. The van der Waals surface area contributed by atoms with Gasteiger partial charge < -0.3 is 15.7 Å². The molecule has 0 spiro atoms. The molecule has 0 heterocycles. The van der Waals surface area contributed by atoms with Gasteiger partial charge in [0, 0.05) is 15.0 Å². The molecule has 0 saturated heterocycles. The second-order valence-electron chi connectivity index (χ2n) is 6.23. The zero-order chi connectivity index (χ0) is 20.5. The molecule has 2 atom stereocenters. The predicted molar refractivity (Wildman–Crippen MR) is 119 cm³/mol. The van der Waals surface area contributed by atoms with E-state index in [2.05, 4.69) is 45.9 Å². The Morgan fingerprint density at radius 2 is 1.68 bits per heavy atom. The van der Waals surface area contributed by atoms with Crippen LogP contribution in [0.25, 0.3) is 0 Å². The van der Waals surface area contributed by atoms with E-state index in [4.69, 9.17) is 0 Å². The molecule has 2 aromatic carbocycles. The van der Waals surface area contributed by atoms with Gasteiger partial charge in [0.05, 0.1) is 12.3 Å². The number of hydrogen-bond acceptors (Lipinski definition) is 4. The molecule has 28 heavy (non-hydrogen) atoms. The molecule has 2 amide bonds. The first-order valence-corrected chi connectivity index (χ1v) is 10.3. The van der Waals surface area contributed by atoms with E-state index in [-0.39, 0.29) is 12.2 Å². The minimum atomic E-state index is -1.31. The van der Waals surface area contributed by atoms with Gasteiger partial charge in [0.1, 0.15) is 6.04 Å². The Morgan fingerprint density at radius 1 is 1.04 bits per heavy atom. The van der Waals surface area contributed by atoms with Gasteiger partial charge in [-0.3, -0.25) is 9.59 Å². The summed E-state index contributed by atoms with van der Waals surface area (Å²) in [6.07, 6.45) is 0.0784. The van der Waals surface area contributed by atoms with Gasteiger partial charge in [-0.1, -0.05) is 30.3 Å². The number of benzene rings is 2. The highest BCUT2D eigenvalue weighted by atomic mass is 127. The number of rotatable bonds is 9. The summed E-state index contributed by atoms with van der Waals surface area (Å²) >= 11 is 6.36. The van der Waals surface area contributed by atoms with E-state index in [0.29, 0.717) is 12.1 Å². The Hall–Kier alpha value is -2.07. The van der Waals surface area contributed by atoms with Crippen LogP contribution in [0.5, 0.6) is 0 Å². The summed E-state index contributed by atoms with van der Waals surface area (Å²) in [5, 5.41) is 14.5. The Kier molecular flexibility index (Phi) is 8.78. The first-order chi connectivity index (χ1) is 13.4. The third kappa shape index (κ3) is 7.16. The van der Waals surface area contributed by atoms with Crippen LogP contribution in [0.3, 0.4) is 0 Å². The molecule has 0 aliphatic heterocycles. The van der Waals surface area contributed by atoms with Crippen LogP contribution in [-0.2, 0) is 20.8 Å². The molecule has 2 rings (SSSR count).